The van der Waals surface area contributed by atoms with Gasteiger partial charge < -0.3 is 11.1 Å². The van der Waals surface area contributed by atoms with Crippen molar-refractivity contribution in [1.29, 1.82) is 0 Å². The van der Waals surface area contributed by atoms with Gasteiger partial charge in [-0.15, -0.1) is 0 Å². The van der Waals surface area contributed by atoms with Crippen molar-refractivity contribution in [3.63, 3.8) is 0 Å². The third-order valence-electron chi connectivity index (χ3n) is 1.92. The smallest absolute Gasteiger partial charge is 0.148 e. The van der Waals surface area contributed by atoms with E-state index in [2.05, 4.69) is 5.32 Å². The van der Waals surface area contributed by atoms with Crippen molar-refractivity contribution in [2.24, 2.45) is 0 Å². The Labute approximate surface area is 91.3 Å². The Kier molecular flexibility index (Phi) is 4.55. The molecule has 0 heterocycles. The van der Waals surface area contributed by atoms with E-state index >= 15 is 0 Å². The lowest BCUT2D eigenvalue weighted by atomic mass is 10.2. The molecule has 0 bridgehead atoms. The maximum absolute atomic E-state index is 13.2. The average Bonchev–Trinajstić information content (AvgIpc) is 2.14. The first-order valence-electron chi connectivity index (χ1n) is 4.68. The molecule has 0 aliphatic heterocycles. The van der Waals surface area contributed by atoms with Gasteiger partial charge in [-0.05, 0) is 24.6 Å². The summed E-state index contributed by atoms with van der Waals surface area (Å²) in [5, 5.41) is 2.93. The molecular weight excluding hydrogens is 215 g/mol. The highest BCUT2D eigenvalue weighted by molar-refractivity contribution is 7.84. The molecule has 84 valence electrons. The summed E-state index contributed by atoms with van der Waals surface area (Å²) in [7, 11) is -0.786. The number of benzene rings is 1. The zero-order valence-electron chi connectivity index (χ0n) is 8.63. The van der Waals surface area contributed by atoms with Gasteiger partial charge in [0.15, 0.2) is 0 Å². The molecule has 1 aromatic rings. The number of halogens is 1. The molecule has 0 aromatic heterocycles. The van der Waals surface area contributed by atoms with Gasteiger partial charge in [-0.25, -0.2) is 4.39 Å². The Morgan fingerprint density at radius 3 is 2.87 bits per heavy atom. The van der Waals surface area contributed by atoms with Crippen molar-refractivity contribution in [3.05, 3.63) is 24.0 Å². The molecule has 1 atom stereocenters. The topological polar surface area (TPSA) is 55.1 Å². The zero-order valence-corrected chi connectivity index (χ0v) is 9.44. The van der Waals surface area contributed by atoms with E-state index < -0.39 is 10.8 Å². The highest BCUT2D eigenvalue weighted by Crippen LogP contribution is 2.16. The van der Waals surface area contributed by atoms with Gasteiger partial charge in [0.05, 0.1) is 5.69 Å². The summed E-state index contributed by atoms with van der Waals surface area (Å²) in [5.41, 5.74) is 6.26. The van der Waals surface area contributed by atoms with Gasteiger partial charge in [0, 0.05) is 35.0 Å². The second kappa shape index (κ2) is 5.70. The molecule has 0 saturated carbocycles. The summed E-state index contributed by atoms with van der Waals surface area (Å²) in [6.07, 6.45) is 2.41. The van der Waals surface area contributed by atoms with E-state index in [0.29, 0.717) is 23.7 Å². The van der Waals surface area contributed by atoms with E-state index in [1.807, 2.05) is 0 Å². The van der Waals surface area contributed by atoms with Crippen LogP contribution in [0, 0.1) is 5.82 Å². The van der Waals surface area contributed by atoms with Crippen molar-refractivity contribution in [2.75, 3.05) is 29.6 Å². The van der Waals surface area contributed by atoms with Crippen LogP contribution in [0.15, 0.2) is 18.2 Å². The molecule has 0 amide bonds. The molecule has 0 spiro atoms. The molecule has 0 saturated heterocycles. The Morgan fingerprint density at radius 1 is 1.53 bits per heavy atom. The number of rotatable bonds is 5. The van der Waals surface area contributed by atoms with Gasteiger partial charge >= 0.3 is 0 Å². The van der Waals surface area contributed by atoms with Crippen molar-refractivity contribution in [3.8, 4) is 0 Å². The van der Waals surface area contributed by atoms with Crippen LogP contribution >= 0.6 is 0 Å². The normalized spacial score (nSPS) is 12.4. The predicted molar refractivity (Wildman–Crippen MR) is 62.9 cm³/mol. The van der Waals surface area contributed by atoms with Crippen molar-refractivity contribution in [2.45, 2.75) is 6.42 Å². The molecule has 3 N–H and O–H groups in total. The molecule has 3 nitrogen and oxygen atoms in total. The van der Waals surface area contributed by atoms with Crippen LogP contribution in [0.25, 0.3) is 0 Å². The van der Waals surface area contributed by atoms with Crippen LogP contribution in [0.1, 0.15) is 6.42 Å². The molecule has 1 aromatic carbocycles. The minimum Gasteiger partial charge on any atom is -0.399 e. The fraction of sp³-hybridized carbons (Fsp3) is 0.400. The summed E-state index contributed by atoms with van der Waals surface area (Å²) >= 11 is 0. The quantitative estimate of drug-likeness (QED) is 0.596. The van der Waals surface area contributed by atoms with E-state index in [-0.39, 0.29) is 5.82 Å². The molecule has 1 rings (SSSR count). The lowest BCUT2D eigenvalue weighted by Crippen LogP contribution is -2.07. The summed E-state index contributed by atoms with van der Waals surface area (Å²) < 4.78 is 24.0. The molecule has 0 aliphatic carbocycles. The van der Waals surface area contributed by atoms with Crippen LogP contribution in [0.5, 0.6) is 0 Å². The molecule has 0 fully saturated rings. The SMILES string of the molecule is CS(=O)CCCNc1ccc(N)cc1F. The summed E-state index contributed by atoms with van der Waals surface area (Å²) in [4.78, 5) is 0. The minimum atomic E-state index is -0.786. The van der Waals surface area contributed by atoms with Gasteiger partial charge in [-0.3, -0.25) is 4.21 Å². The fourth-order valence-corrected chi connectivity index (χ4v) is 1.72. The first-order chi connectivity index (χ1) is 7.09. The third kappa shape index (κ3) is 4.29. The Bertz CT molecular complexity index is 357. The first-order valence-corrected chi connectivity index (χ1v) is 6.41. The number of anilines is 2. The predicted octanol–water partition coefficient (Wildman–Crippen LogP) is 1.59. The first kappa shape index (κ1) is 12.0. The van der Waals surface area contributed by atoms with E-state index in [9.17, 15) is 8.60 Å². The van der Waals surface area contributed by atoms with Gasteiger partial charge in [-0.2, -0.15) is 0 Å². The van der Waals surface area contributed by atoms with Crippen molar-refractivity contribution >= 4 is 22.2 Å². The summed E-state index contributed by atoms with van der Waals surface area (Å²) in [6.45, 7) is 0.612. The maximum atomic E-state index is 13.2. The lowest BCUT2D eigenvalue weighted by molar-refractivity contribution is 0.630. The molecule has 1 unspecified atom stereocenters. The monoisotopic (exact) mass is 230 g/mol. The third-order valence-corrected chi connectivity index (χ3v) is 2.78. The largest absolute Gasteiger partial charge is 0.399 e. The fourth-order valence-electron chi connectivity index (χ4n) is 1.17. The van der Waals surface area contributed by atoms with Gasteiger partial charge in [0.1, 0.15) is 5.82 Å². The van der Waals surface area contributed by atoms with Crippen LogP contribution in [0.4, 0.5) is 15.8 Å². The van der Waals surface area contributed by atoms with Crippen LogP contribution in [0.2, 0.25) is 0 Å². The van der Waals surface area contributed by atoms with Crippen LogP contribution in [-0.2, 0) is 10.8 Å². The maximum Gasteiger partial charge on any atom is 0.148 e. The number of nitrogen functional groups attached to an aromatic ring is 1. The van der Waals surface area contributed by atoms with Crippen LogP contribution < -0.4 is 11.1 Å². The average molecular weight is 230 g/mol. The molecule has 0 aliphatic rings. The second-order valence-corrected chi connectivity index (χ2v) is 4.85. The summed E-state index contributed by atoms with van der Waals surface area (Å²) in [5.74, 6) is 0.275. The number of nitrogens with one attached hydrogen (secondary N) is 1. The highest BCUT2D eigenvalue weighted by atomic mass is 32.2. The van der Waals surface area contributed by atoms with Crippen molar-refractivity contribution < 1.29 is 8.60 Å². The Hall–Kier alpha value is -1.10. The Balaban J connectivity index is 2.40. The van der Waals surface area contributed by atoms with Gasteiger partial charge in [-0.1, -0.05) is 0 Å². The van der Waals surface area contributed by atoms with E-state index in [4.69, 9.17) is 5.73 Å². The Morgan fingerprint density at radius 2 is 2.27 bits per heavy atom. The van der Waals surface area contributed by atoms with Gasteiger partial charge in [0.2, 0.25) is 0 Å². The van der Waals surface area contributed by atoms with E-state index in [0.717, 1.165) is 6.42 Å². The number of hydrogen-bond donors (Lipinski definition) is 2. The highest BCUT2D eigenvalue weighted by Gasteiger charge is 2.01. The van der Waals surface area contributed by atoms with Gasteiger partial charge in [0.25, 0.3) is 0 Å². The molecule has 0 radical (unpaired) electrons. The number of nitrogens with two attached hydrogens (primary N) is 1. The molecular formula is C10H15FN2OS. The molecule has 5 heteroatoms. The van der Waals surface area contributed by atoms with Crippen LogP contribution in [-0.4, -0.2) is 22.8 Å². The minimum absolute atomic E-state index is 0.354. The zero-order chi connectivity index (χ0) is 11.3. The van der Waals surface area contributed by atoms with Crippen molar-refractivity contribution in [1.82, 2.24) is 0 Å². The number of hydrogen-bond acceptors (Lipinski definition) is 3. The molecule has 15 heavy (non-hydrogen) atoms. The lowest BCUT2D eigenvalue weighted by Gasteiger charge is -2.07. The van der Waals surface area contributed by atoms with E-state index in [1.54, 1.807) is 18.4 Å². The second-order valence-electron chi connectivity index (χ2n) is 3.30. The van der Waals surface area contributed by atoms with E-state index in [1.165, 1.54) is 6.07 Å². The van der Waals surface area contributed by atoms with Crippen LogP contribution in [0.3, 0.4) is 0 Å². The standard InChI is InChI=1S/C10H15FN2OS/c1-15(14)6-2-5-13-10-4-3-8(12)7-9(10)11/h3-4,7,13H,2,5-6,12H2,1H3. The summed E-state index contributed by atoms with van der Waals surface area (Å²) in [6, 6.07) is 4.53.